The van der Waals surface area contributed by atoms with Gasteiger partial charge >= 0.3 is 0 Å². The van der Waals surface area contributed by atoms with Crippen molar-refractivity contribution in [2.75, 3.05) is 50.8 Å². The molecule has 1 saturated heterocycles. The average molecular weight is 362 g/mol. The third kappa shape index (κ3) is 4.21. The predicted molar refractivity (Wildman–Crippen MR) is 101 cm³/mol. The summed E-state index contributed by atoms with van der Waals surface area (Å²) in [5.74, 6) is 2.40. The Morgan fingerprint density at radius 1 is 1.12 bits per heavy atom. The number of hydrogen-bond acceptors (Lipinski definition) is 4. The summed E-state index contributed by atoms with van der Waals surface area (Å²) >= 11 is 0. The minimum Gasteiger partial charge on any atom is -0.389 e. The maximum absolute atomic E-state index is 13.9. The van der Waals surface area contributed by atoms with E-state index in [1.54, 1.807) is 6.07 Å². The molecule has 2 bridgehead atoms. The number of rotatable bonds is 7. The average Bonchev–Trinajstić information content (AvgIpc) is 3.26. The fourth-order valence-electron chi connectivity index (χ4n) is 5.17. The zero-order valence-electron chi connectivity index (χ0n) is 15.5. The van der Waals surface area contributed by atoms with Gasteiger partial charge in [0.15, 0.2) is 0 Å². The van der Waals surface area contributed by atoms with Gasteiger partial charge in [-0.25, -0.2) is 4.39 Å². The summed E-state index contributed by atoms with van der Waals surface area (Å²) in [6, 6.07) is 6.95. The Bertz CT molecular complexity index is 591. The number of fused-ring (bicyclic) bond motifs is 2. The lowest BCUT2D eigenvalue weighted by Crippen LogP contribution is -2.49. The highest BCUT2D eigenvalue weighted by Crippen LogP contribution is 2.48. The fourth-order valence-corrected chi connectivity index (χ4v) is 5.17. The van der Waals surface area contributed by atoms with E-state index in [-0.39, 0.29) is 5.82 Å². The van der Waals surface area contributed by atoms with Crippen molar-refractivity contribution in [1.82, 2.24) is 4.90 Å². The van der Waals surface area contributed by atoms with Gasteiger partial charge in [-0.15, -0.1) is 0 Å². The van der Waals surface area contributed by atoms with E-state index in [4.69, 9.17) is 4.74 Å². The molecule has 0 radical (unpaired) electrons. The lowest BCUT2D eigenvalue weighted by Gasteiger charge is -2.37. The molecule has 26 heavy (non-hydrogen) atoms. The number of para-hydroxylation sites is 1. The van der Waals surface area contributed by atoms with Gasteiger partial charge in [0, 0.05) is 39.3 Å². The largest absolute Gasteiger partial charge is 0.389 e. The Labute approximate surface area is 155 Å². The van der Waals surface area contributed by atoms with Crippen molar-refractivity contribution in [2.45, 2.75) is 31.8 Å². The van der Waals surface area contributed by atoms with Gasteiger partial charge in [0.1, 0.15) is 5.82 Å². The quantitative estimate of drug-likeness (QED) is 0.809. The summed E-state index contributed by atoms with van der Waals surface area (Å²) in [5, 5.41) is 10.3. The van der Waals surface area contributed by atoms with Gasteiger partial charge in [-0.2, -0.15) is 0 Å². The molecule has 1 aromatic carbocycles. The van der Waals surface area contributed by atoms with Crippen LogP contribution in [0.3, 0.4) is 0 Å². The monoisotopic (exact) mass is 362 g/mol. The SMILES string of the molecule is O[C@@H](COC[C@@H]1C[C@H]2CC[C@H]1C2)CN1CCN(c2ccccc2F)CC1. The number of halogens is 1. The van der Waals surface area contributed by atoms with Crippen molar-refractivity contribution in [1.29, 1.82) is 0 Å². The summed E-state index contributed by atoms with van der Waals surface area (Å²) < 4.78 is 19.7. The number of hydrogen-bond donors (Lipinski definition) is 1. The molecule has 0 unspecified atom stereocenters. The van der Waals surface area contributed by atoms with Crippen LogP contribution < -0.4 is 4.90 Å². The normalized spacial score (nSPS) is 30.1. The van der Waals surface area contributed by atoms with Crippen LogP contribution in [0.25, 0.3) is 0 Å². The molecular formula is C21H31FN2O2. The first-order valence-electron chi connectivity index (χ1n) is 10.2. The topological polar surface area (TPSA) is 35.9 Å². The van der Waals surface area contributed by atoms with Gasteiger partial charge in [-0.1, -0.05) is 18.6 Å². The molecule has 1 aliphatic heterocycles. The Morgan fingerprint density at radius 2 is 1.92 bits per heavy atom. The van der Waals surface area contributed by atoms with Crippen LogP contribution >= 0.6 is 0 Å². The molecule has 2 saturated carbocycles. The molecule has 5 heteroatoms. The molecule has 0 spiro atoms. The second kappa shape index (κ2) is 8.24. The number of β-amino-alcohol motifs (C(OH)–C–C–N with tert-alkyl or cyclic N) is 1. The summed E-state index contributed by atoms with van der Waals surface area (Å²) in [4.78, 5) is 4.34. The number of aliphatic hydroxyl groups is 1. The minimum absolute atomic E-state index is 0.157. The van der Waals surface area contributed by atoms with E-state index in [1.165, 1.54) is 31.7 Å². The Kier molecular flexibility index (Phi) is 5.77. The number of piperazine rings is 1. The maximum atomic E-state index is 13.9. The molecule has 4 nitrogen and oxygen atoms in total. The van der Waals surface area contributed by atoms with Crippen molar-refractivity contribution < 1.29 is 14.2 Å². The number of ether oxygens (including phenoxy) is 1. The molecule has 3 fully saturated rings. The standard InChI is InChI=1S/C21H31FN2O2/c22-20-3-1-2-4-21(20)24-9-7-23(8-10-24)13-19(25)15-26-14-18-12-16-5-6-17(18)11-16/h1-4,16-19,25H,5-15H2/t16-,17-,18-,19+/m0/s1. The highest BCUT2D eigenvalue weighted by Gasteiger charge is 2.39. The molecule has 0 aromatic heterocycles. The molecular weight excluding hydrogens is 331 g/mol. The van der Waals surface area contributed by atoms with Crippen molar-refractivity contribution >= 4 is 5.69 Å². The zero-order chi connectivity index (χ0) is 17.9. The van der Waals surface area contributed by atoms with Gasteiger partial charge in [-0.05, 0) is 49.1 Å². The first kappa shape index (κ1) is 18.2. The highest BCUT2D eigenvalue weighted by atomic mass is 19.1. The molecule has 2 aliphatic carbocycles. The molecule has 1 heterocycles. The maximum Gasteiger partial charge on any atom is 0.146 e. The zero-order valence-corrected chi connectivity index (χ0v) is 15.5. The molecule has 4 atom stereocenters. The summed E-state index contributed by atoms with van der Waals surface area (Å²) in [7, 11) is 0. The van der Waals surface area contributed by atoms with Crippen molar-refractivity contribution in [3.8, 4) is 0 Å². The first-order valence-corrected chi connectivity index (χ1v) is 10.2. The lowest BCUT2D eigenvalue weighted by molar-refractivity contribution is -0.00275. The van der Waals surface area contributed by atoms with Crippen LogP contribution in [-0.4, -0.2) is 62.0 Å². The second-order valence-electron chi connectivity index (χ2n) is 8.37. The van der Waals surface area contributed by atoms with E-state index >= 15 is 0 Å². The van der Waals surface area contributed by atoms with E-state index in [0.29, 0.717) is 18.8 Å². The number of anilines is 1. The van der Waals surface area contributed by atoms with Crippen LogP contribution in [0.4, 0.5) is 10.1 Å². The minimum atomic E-state index is -0.436. The Hall–Kier alpha value is -1.17. The van der Waals surface area contributed by atoms with E-state index in [2.05, 4.69) is 9.80 Å². The van der Waals surface area contributed by atoms with Crippen molar-refractivity contribution in [2.24, 2.45) is 17.8 Å². The summed E-state index contributed by atoms with van der Waals surface area (Å²) in [6.45, 7) is 5.16. The molecule has 0 amide bonds. The molecule has 144 valence electrons. The van der Waals surface area contributed by atoms with Gasteiger partial charge in [0.05, 0.1) is 18.4 Å². The van der Waals surface area contributed by atoms with Crippen molar-refractivity contribution in [3.63, 3.8) is 0 Å². The van der Waals surface area contributed by atoms with Crippen LogP contribution in [0.15, 0.2) is 24.3 Å². The lowest BCUT2D eigenvalue weighted by atomic mass is 9.90. The predicted octanol–water partition coefficient (Wildman–Crippen LogP) is 2.76. The van der Waals surface area contributed by atoms with Crippen LogP contribution in [-0.2, 0) is 4.74 Å². The third-order valence-corrected chi connectivity index (χ3v) is 6.56. The van der Waals surface area contributed by atoms with Crippen LogP contribution in [0.2, 0.25) is 0 Å². The van der Waals surface area contributed by atoms with Gasteiger partial charge in [-0.3, -0.25) is 4.90 Å². The molecule has 4 rings (SSSR count). The Morgan fingerprint density at radius 3 is 2.62 bits per heavy atom. The molecule has 3 aliphatic rings. The van der Waals surface area contributed by atoms with E-state index in [9.17, 15) is 9.50 Å². The van der Waals surface area contributed by atoms with Crippen LogP contribution in [0.1, 0.15) is 25.7 Å². The van der Waals surface area contributed by atoms with Crippen molar-refractivity contribution in [3.05, 3.63) is 30.1 Å². The second-order valence-corrected chi connectivity index (χ2v) is 8.37. The van der Waals surface area contributed by atoms with Crippen LogP contribution in [0.5, 0.6) is 0 Å². The Balaban J connectivity index is 1.14. The molecule has 1 N–H and O–H groups in total. The van der Waals surface area contributed by atoms with E-state index in [1.807, 2.05) is 12.1 Å². The van der Waals surface area contributed by atoms with Gasteiger partial charge < -0.3 is 14.7 Å². The van der Waals surface area contributed by atoms with E-state index in [0.717, 1.165) is 50.5 Å². The molecule has 1 aromatic rings. The smallest absolute Gasteiger partial charge is 0.146 e. The third-order valence-electron chi connectivity index (χ3n) is 6.56. The van der Waals surface area contributed by atoms with E-state index < -0.39 is 6.10 Å². The van der Waals surface area contributed by atoms with Gasteiger partial charge in [0.2, 0.25) is 0 Å². The van der Waals surface area contributed by atoms with Gasteiger partial charge in [0.25, 0.3) is 0 Å². The highest BCUT2D eigenvalue weighted by molar-refractivity contribution is 5.47. The number of benzene rings is 1. The first-order chi connectivity index (χ1) is 12.7. The summed E-state index contributed by atoms with van der Waals surface area (Å²) in [5.41, 5.74) is 0.682. The summed E-state index contributed by atoms with van der Waals surface area (Å²) in [6.07, 6.45) is 5.10. The fraction of sp³-hybridized carbons (Fsp3) is 0.714. The van der Waals surface area contributed by atoms with Crippen LogP contribution in [0, 0.1) is 23.6 Å². The number of nitrogens with zero attached hydrogens (tertiary/aromatic N) is 2. The number of aliphatic hydroxyl groups excluding tert-OH is 1.